The first kappa shape index (κ1) is 8.34. The maximum Gasteiger partial charge on any atom is 0.171 e. The Morgan fingerprint density at radius 1 is 1.54 bits per heavy atom. The largest absolute Gasteiger partial charge is 0.374 e. The first-order valence-electron chi connectivity index (χ1n) is 4.13. The predicted molar refractivity (Wildman–Crippen MR) is 47.2 cm³/mol. The summed E-state index contributed by atoms with van der Waals surface area (Å²) in [4.78, 5) is 9.65. The zero-order valence-corrected chi connectivity index (χ0v) is 7.28. The first-order valence-corrected chi connectivity index (χ1v) is 4.13. The van der Waals surface area contributed by atoms with Gasteiger partial charge in [-0.25, -0.2) is 0 Å². The van der Waals surface area contributed by atoms with E-state index in [4.69, 9.17) is 14.9 Å². The minimum atomic E-state index is -0.554. The van der Waals surface area contributed by atoms with E-state index in [2.05, 4.69) is 5.32 Å². The molecule has 0 radical (unpaired) electrons. The van der Waals surface area contributed by atoms with Gasteiger partial charge in [0.15, 0.2) is 5.75 Å². The fourth-order valence-corrected chi connectivity index (χ4v) is 1.26. The Bertz CT molecular complexity index is 312. The molecule has 1 aromatic carbocycles. The van der Waals surface area contributed by atoms with E-state index in [1.165, 1.54) is 0 Å². The van der Waals surface area contributed by atoms with Crippen molar-refractivity contribution in [2.45, 2.75) is 19.8 Å². The van der Waals surface area contributed by atoms with Crippen LogP contribution in [0.15, 0.2) is 18.2 Å². The second kappa shape index (κ2) is 3.24. The SMILES string of the molecule is CC(O)Nc1ccc2c(c1)COO2. The average Bonchev–Trinajstić information content (AvgIpc) is 2.49. The number of nitrogens with one attached hydrogen (secondary N) is 1. The van der Waals surface area contributed by atoms with Crippen LogP contribution < -0.4 is 10.2 Å². The summed E-state index contributed by atoms with van der Waals surface area (Å²) in [6, 6.07) is 5.54. The van der Waals surface area contributed by atoms with Crippen molar-refractivity contribution < 1.29 is 14.9 Å². The summed E-state index contributed by atoms with van der Waals surface area (Å²) < 4.78 is 0. The smallest absolute Gasteiger partial charge is 0.171 e. The van der Waals surface area contributed by atoms with E-state index in [0.29, 0.717) is 6.61 Å². The van der Waals surface area contributed by atoms with E-state index in [0.717, 1.165) is 17.0 Å². The molecule has 1 aliphatic rings. The molecule has 1 aromatic rings. The molecule has 0 saturated heterocycles. The van der Waals surface area contributed by atoms with Crippen LogP contribution >= 0.6 is 0 Å². The van der Waals surface area contributed by atoms with Gasteiger partial charge in [0.05, 0.1) is 0 Å². The Kier molecular flexibility index (Phi) is 2.08. The monoisotopic (exact) mass is 181 g/mol. The molecule has 1 aliphatic heterocycles. The second-order valence-electron chi connectivity index (χ2n) is 2.99. The van der Waals surface area contributed by atoms with Gasteiger partial charge >= 0.3 is 0 Å². The molecule has 0 aromatic heterocycles. The molecule has 1 unspecified atom stereocenters. The Morgan fingerprint density at radius 3 is 3.15 bits per heavy atom. The van der Waals surface area contributed by atoms with Crippen LogP contribution in [0.2, 0.25) is 0 Å². The molecule has 0 spiro atoms. The number of fused-ring (bicyclic) bond motifs is 1. The summed E-state index contributed by atoms with van der Waals surface area (Å²) in [5.41, 5.74) is 1.86. The van der Waals surface area contributed by atoms with Crippen LogP contribution in [0.3, 0.4) is 0 Å². The minimum absolute atomic E-state index is 0.463. The molecule has 1 atom stereocenters. The van der Waals surface area contributed by atoms with Crippen LogP contribution in [0.5, 0.6) is 5.75 Å². The average molecular weight is 181 g/mol. The van der Waals surface area contributed by atoms with Crippen molar-refractivity contribution in [2.24, 2.45) is 0 Å². The van der Waals surface area contributed by atoms with Crippen LogP contribution in [0.4, 0.5) is 5.69 Å². The second-order valence-corrected chi connectivity index (χ2v) is 2.99. The van der Waals surface area contributed by atoms with Gasteiger partial charge in [-0.05, 0) is 25.1 Å². The summed E-state index contributed by atoms with van der Waals surface area (Å²) >= 11 is 0. The lowest BCUT2D eigenvalue weighted by Crippen LogP contribution is -2.13. The van der Waals surface area contributed by atoms with E-state index in [-0.39, 0.29) is 0 Å². The van der Waals surface area contributed by atoms with Crippen molar-refractivity contribution in [1.29, 1.82) is 0 Å². The van der Waals surface area contributed by atoms with Gasteiger partial charge in [0.1, 0.15) is 12.8 Å². The highest BCUT2D eigenvalue weighted by Gasteiger charge is 2.13. The fraction of sp³-hybridized carbons (Fsp3) is 0.333. The molecule has 4 heteroatoms. The normalized spacial score (nSPS) is 16.2. The van der Waals surface area contributed by atoms with Gasteiger partial charge in [0, 0.05) is 11.3 Å². The lowest BCUT2D eigenvalue weighted by atomic mass is 10.2. The Balaban J connectivity index is 2.21. The molecule has 13 heavy (non-hydrogen) atoms. The molecular weight excluding hydrogens is 170 g/mol. The molecular formula is C9H11NO3. The van der Waals surface area contributed by atoms with Crippen molar-refractivity contribution in [1.82, 2.24) is 0 Å². The standard InChI is InChI=1S/C9H11NO3/c1-6(11)10-8-2-3-9-7(4-8)5-12-13-9/h2-4,6,10-11H,5H2,1H3. The number of aliphatic hydroxyl groups is 1. The number of anilines is 1. The van der Waals surface area contributed by atoms with Crippen LogP contribution in [-0.4, -0.2) is 11.3 Å². The molecule has 2 rings (SSSR count). The van der Waals surface area contributed by atoms with E-state index in [9.17, 15) is 0 Å². The van der Waals surface area contributed by atoms with Gasteiger partial charge in [0.25, 0.3) is 0 Å². The Morgan fingerprint density at radius 2 is 2.38 bits per heavy atom. The van der Waals surface area contributed by atoms with Gasteiger partial charge < -0.3 is 15.3 Å². The molecule has 4 nitrogen and oxygen atoms in total. The van der Waals surface area contributed by atoms with E-state index in [1.807, 2.05) is 18.2 Å². The first-order chi connectivity index (χ1) is 6.25. The van der Waals surface area contributed by atoms with Crippen molar-refractivity contribution in [3.8, 4) is 5.75 Å². The van der Waals surface area contributed by atoms with Crippen LogP contribution in [-0.2, 0) is 11.5 Å². The molecule has 1 heterocycles. The van der Waals surface area contributed by atoms with Crippen molar-refractivity contribution >= 4 is 5.69 Å². The topological polar surface area (TPSA) is 50.7 Å². The lowest BCUT2D eigenvalue weighted by Gasteiger charge is -2.08. The molecule has 0 aliphatic carbocycles. The fourth-order valence-electron chi connectivity index (χ4n) is 1.26. The highest BCUT2D eigenvalue weighted by atomic mass is 17.2. The van der Waals surface area contributed by atoms with E-state index < -0.39 is 6.23 Å². The summed E-state index contributed by atoms with van der Waals surface area (Å²) in [5, 5.41) is 12.0. The van der Waals surface area contributed by atoms with E-state index >= 15 is 0 Å². The van der Waals surface area contributed by atoms with Crippen LogP contribution in [0.1, 0.15) is 12.5 Å². The van der Waals surface area contributed by atoms with Gasteiger partial charge in [-0.1, -0.05) is 0 Å². The maximum absolute atomic E-state index is 9.08. The third-order valence-electron chi connectivity index (χ3n) is 1.80. The van der Waals surface area contributed by atoms with Crippen molar-refractivity contribution in [3.05, 3.63) is 23.8 Å². The molecule has 70 valence electrons. The third-order valence-corrected chi connectivity index (χ3v) is 1.80. The Hall–Kier alpha value is -1.26. The number of benzene rings is 1. The number of hydrogen-bond acceptors (Lipinski definition) is 4. The summed E-state index contributed by atoms with van der Waals surface area (Å²) in [5.74, 6) is 0.746. The zero-order chi connectivity index (χ0) is 9.26. The molecule has 0 amide bonds. The summed E-state index contributed by atoms with van der Waals surface area (Å²) in [6.45, 7) is 2.13. The lowest BCUT2D eigenvalue weighted by molar-refractivity contribution is -0.194. The highest BCUT2D eigenvalue weighted by molar-refractivity contribution is 5.51. The maximum atomic E-state index is 9.08. The van der Waals surface area contributed by atoms with E-state index in [1.54, 1.807) is 6.92 Å². The summed E-state index contributed by atoms with van der Waals surface area (Å²) in [6.07, 6.45) is -0.554. The molecule has 2 N–H and O–H groups in total. The Labute approximate surface area is 76.0 Å². The number of rotatable bonds is 2. The quantitative estimate of drug-likeness (QED) is 0.532. The number of hydrogen-bond donors (Lipinski definition) is 2. The van der Waals surface area contributed by atoms with Gasteiger partial charge in [-0.3, -0.25) is 0 Å². The molecule has 0 bridgehead atoms. The number of aliphatic hydroxyl groups excluding tert-OH is 1. The third kappa shape index (κ3) is 1.74. The van der Waals surface area contributed by atoms with Crippen LogP contribution in [0.25, 0.3) is 0 Å². The van der Waals surface area contributed by atoms with Gasteiger partial charge in [0.2, 0.25) is 0 Å². The van der Waals surface area contributed by atoms with Crippen molar-refractivity contribution in [3.63, 3.8) is 0 Å². The molecule has 0 fully saturated rings. The predicted octanol–water partition coefficient (Wildman–Crippen LogP) is 1.26. The van der Waals surface area contributed by atoms with Crippen molar-refractivity contribution in [2.75, 3.05) is 5.32 Å². The minimum Gasteiger partial charge on any atom is -0.374 e. The van der Waals surface area contributed by atoms with Gasteiger partial charge in [-0.2, -0.15) is 4.89 Å². The summed E-state index contributed by atoms with van der Waals surface area (Å²) in [7, 11) is 0. The van der Waals surface area contributed by atoms with Crippen LogP contribution in [0, 0.1) is 0 Å². The van der Waals surface area contributed by atoms with Gasteiger partial charge in [-0.15, -0.1) is 0 Å². The molecule has 0 saturated carbocycles. The highest BCUT2D eigenvalue weighted by Crippen LogP contribution is 2.28. The zero-order valence-electron chi connectivity index (χ0n) is 7.28.